The molecular weight excluding hydrogens is 290 g/mol. The summed E-state index contributed by atoms with van der Waals surface area (Å²) in [5.74, 6) is 1.29. The average molecular weight is 311 g/mol. The van der Waals surface area contributed by atoms with Crippen LogP contribution in [0.1, 0.15) is 25.0 Å². The minimum atomic E-state index is 0.271. The maximum Gasteiger partial charge on any atom is 0.217 e. The second-order valence-electron chi connectivity index (χ2n) is 5.97. The van der Waals surface area contributed by atoms with Gasteiger partial charge in [0.15, 0.2) is 0 Å². The fourth-order valence-corrected chi connectivity index (χ4v) is 3.28. The molecule has 1 aliphatic rings. The highest BCUT2D eigenvalue weighted by Crippen LogP contribution is 2.32. The molecule has 0 bridgehead atoms. The van der Waals surface area contributed by atoms with E-state index in [-0.39, 0.29) is 6.04 Å². The molecule has 0 spiro atoms. The topological polar surface area (TPSA) is 21.6 Å². The molecule has 0 fully saturated rings. The third kappa shape index (κ3) is 3.36. The number of aryl methyl sites for hydroxylation is 1. The molecule has 2 aromatic rings. The summed E-state index contributed by atoms with van der Waals surface area (Å²) < 4.78 is 5.85. The summed E-state index contributed by atoms with van der Waals surface area (Å²) in [6.45, 7) is 7.17. The zero-order chi connectivity index (χ0) is 15.5. The highest BCUT2D eigenvalue weighted by atomic mass is 32.2. The lowest BCUT2D eigenvalue weighted by atomic mass is 10.1. The molecule has 114 valence electrons. The molecule has 2 nitrogen and oxygen atoms in total. The largest absolute Gasteiger partial charge is 0.475 e. The van der Waals surface area contributed by atoms with E-state index >= 15 is 0 Å². The number of hydrogen-bond acceptors (Lipinski definition) is 3. The summed E-state index contributed by atoms with van der Waals surface area (Å²) in [6, 6.07) is 17.2. The molecule has 0 amide bonds. The van der Waals surface area contributed by atoms with Crippen LogP contribution in [0.4, 0.5) is 0 Å². The van der Waals surface area contributed by atoms with Crippen molar-refractivity contribution in [1.82, 2.24) is 0 Å². The third-order valence-electron chi connectivity index (χ3n) is 3.81. The molecule has 0 unspecified atom stereocenters. The molecule has 1 aliphatic heterocycles. The second-order valence-corrected chi connectivity index (χ2v) is 7.08. The molecule has 3 heteroatoms. The SMILES string of the molecule is Cc1ccc(Sc2ccccc2C2=N[C@@H](C(C)C)CO2)cc1. The molecule has 3 rings (SSSR count). The summed E-state index contributed by atoms with van der Waals surface area (Å²) >= 11 is 1.76. The highest BCUT2D eigenvalue weighted by Gasteiger charge is 2.24. The predicted molar refractivity (Wildman–Crippen MR) is 92.9 cm³/mol. The predicted octanol–water partition coefficient (Wildman–Crippen LogP) is 4.95. The fraction of sp³-hybridized carbons (Fsp3) is 0.316. The van der Waals surface area contributed by atoms with E-state index in [0.29, 0.717) is 12.5 Å². The van der Waals surface area contributed by atoms with Crippen molar-refractivity contribution in [1.29, 1.82) is 0 Å². The third-order valence-corrected chi connectivity index (χ3v) is 4.89. The van der Waals surface area contributed by atoms with Gasteiger partial charge in [-0.1, -0.05) is 55.4 Å². The number of aliphatic imine (C=N–C) groups is 1. The Bertz CT molecular complexity index is 676. The molecule has 22 heavy (non-hydrogen) atoms. The van der Waals surface area contributed by atoms with Crippen molar-refractivity contribution in [3.8, 4) is 0 Å². The van der Waals surface area contributed by atoms with Crippen LogP contribution in [-0.4, -0.2) is 18.5 Å². The Labute approximate surface area is 136 Å². The van der Waals surface area contributed by atoms with Crippen molar-refractivity contribution in [3.05, 3.63) is 59.7 Å². The van der Waals surface area contributed by atoms with Crippen LogP contribution >= 0.6 is 11.8 Å². The summed E-state index contributed by atoms with van der Waals surface area (Å²) in [5.41, 5.74) is 2.37. The van der Waals surface area contributed by atoms with Crippen LogP contribution in [0.25, 0.3) is 0 Å². The van der Waals surface area contributed by atoms with Gasteiger partial charge >= 0.3 is 0 Å². The van der Waals surface area contributed by atoms with Gasteiger partial charge in [0.1, 0.15) is 6.61 Å². The van der Waals surface area contributed by atoms with Gasteiger partial charge < -0.3 is 4.74 Å². The van der Waals surface area contributed by atoms with Crippen molar-refractivity contribution in [2.75, 3.05) is 6.61 Å². The Morgan fingerprint density at radius 2 is 1.82 bits per heavy atom. The monoisotopic (exact) mass is 311 g/mol. The lowest BCUT2D eigenvalue weighted by Gasteiger charge is -2.09. The Morgan fingerprint density at radius 3 is 2.50 bits per heavy atom. The van der Waals surface area contributed by atoms with E-state index in [2.05, 4.69) is 63.2 Å². The maximum absolute atomic E-state index is 5.85. The summed E-state index contributed by atoms with van der Waals surface area (Å²) in [5, 5.41) is 0. The van der Waals surface area contributed by atoms with E-state index in [9.17, 15) is 0 Å². The molecular formula is C19H21NOS. The summed E-state index contributed by atoms with van der Waals surface area (Å²) in [7, 11) is 0. The van der Waals surface area contributed by atoms with Crippen LogP contribution in [0, 0.1) is 12.8 Å². The fourth-order valence-electron chi connectivity index (χ4n) is 2.34. The minimum absolute atomic E-state index is 0.271. The lowest BCUT2D eigenvalue weighted by molar-refractivity contribution is 0.291. The first-order valence-electron chi connectivity index (χ1n) is 7.68. The van der Waals surface area contributed by atoms with Gasteiger partial charge in [0.25, 0.3) is 0 Å². The van der Waals surface area contributed by atoms with Gasteiger partial charge in [0, 0.05) is 9.79 Å². The Kier molecular flexibility index (Phi) is 4.53. The van der Waals surface area contributed by atoms with Crippen LogP contribution < -0.4 is 0 Å². The van der Waals surface area contributed by atoms with Crippen LogP contribution in [0.5, 0.6) is 0 Å². The molecule has 0 aliphatic carbocycles. The molecule has 1 heterocycles. The number of hydrogen-bond donors (Lipinski definition) is 0. The zero-order valence-electron chi connectivity index (χ0n) is 13.2. The van der Waals surface area contributed by atoms with E-state index in [1.54, 1.807) is 11.8 Å². The van der Waals surface area contributed by atoms with Crippen molar-refractivity contribution in [3.63, 3.8) is 0 Å². The van der Waals surface area contributed by atoms with E-state index < -0.39 is 0 Å². The lowest BCUT2D eigenvalue weighted by Crippen LogP contribution is -2.13. The normalized spacial score (nSPS) is 17.5. The van der Waals surface area contributed by atoms with E-state index in [0.717, 1.165) is 11.5 Å². The number of rotatable bonds is 4. The van der Waals surface area contributed by atoms with E-state index in [1.807, 2.05) is 6.07 Å². The Hall–Kier alpha value is -1.74. The first kappa shape index (κ1) is 15.2. The molecule has 2 aromatic carbocycles. The van der Waals surface area contributed by atoms with Gasteiger partial charge in [-0.15, -0.1) is 0 Å². The molecule has 0 saturated carbocycles. The highest BCUT2D eigenvalue weighted by molar-refractivity contribution is 7.99. The van der Waals surface area contributed by atoms with E-state index in [4.69, 9.17) is 9.73 Å². The molecule has 0 N–H and O–H groups in total. The number of ether oxygens (including phenoxy) is 1. The molecule has 1 atom stereocenters. The smallest absolute Gasteiger partial charge is 0.217 e. The maximum atomic E-state index is 5.85. The van der Waals surface area contributed by atoms with Gasteiger partial charge in [0.2, 0.25) is 5.90 Å². The standard InChI is InChI=1S/C19H21NOS/c1-13(2)17-12-21-19(20-17)16-6-4-5-7-18(16)22-15-10-8-14(3)9-11-15/h4-11,13,17H,12H2,1-3H3/t17-/m1/s1. The van der Waals surface area contributed by atoms with Gasteiger partial charge in [-0.3, -0.25) is 0 Å². The van der Waals surface area contributed by atoms with Crippen LogP contribution in [0.3, 0.4) is 0 Å². The number of nitrogens with zero attached hydrogens (tertiary/aromatic N) is 1. The first-order chi connectivity index (χ1) is 10.6. The molecule has 0 saturated heterocycles. The Balaban J connectivity index is 1.87. The van der Waals surface area contributed by atoms with Gasteiger partial charge in [0.05, 0.1) is 11.6 Å². The Morgan fingerprint density at radius 1 is 1.09 bits per heavy atom. The van der Waals surface area contributed by atoms with Crippen molar-refractivity contribution in [2.24, 2.45) is 10.9 Å². The average Bonchev–Trinajstić information content (AvgIpc) is 3.00. The van der Waals surface area contributed by atoms with Crippen molar-refractivity contribution in [2.45, 2.75) is 36.6 Å². The van der Waals surface area contributed by atoms with Crippen LogP contribution in [0.2, 0.25) is 0 Å². The number of benzene rings is 2. The van der Waals surface area contributed by atoms with Gasteiger partial charge in [-0.05, 0) is 37.1 Å². The second kappa shape index (κ2) is 6.57. The zero-order valence-corrected chi connectivity index (χ0v) is 14.1. The van der Waals surface area contributed by atoms with Gasteiger partial charge in [-0.2, -0.15) is 0 Å². The first-order valence-corrected chi connectivity index (χ1v) is 8.49. The van der Waals surface area contributed by atoms with Crippen molar-refractivity contribution >= 4 is 17.7 Å². The summed E-state index contributed by atoms with van der Waals surface area (Å²) in [4.78, 5) is 7.18. The van der Waals surface area contributed by atoms with Crippen molar-refractivity contribution < 1.29 is 4.74 Å². The molecule has 0 aromatic heterocycles. The summed E-state index contributed by atoms with van der Waals surface area (Å²) in [6.07, 6.45) is 0. The van der Waals surface area contributed by atoms with Gasteiger partial charge in [-0.25, -0.2) is 4.99 Å². The minimum Gasteiger partial charge on any atom is -0.475 e. The molecule has 0 radical (unpaired) electrons. The van der Waals surface area contributed by atoms with Crippen LogP contribution in [-0.2, 0) is 4.74 Å². The van der Waals surface area contributed by atoms with E-state index in [1.165, 1.54) is 15.4 Å². The van der Waals surface area contributed by atoms with Crippen LogP contribution in [0.15, 0.2) is 63.3 Å². The quantitative estimate of drug-likeness (QED) is 0.797.